The average molecular weight is 388 g/mol. The van der Waals surface area contributed by atoms with Crippen LogP contribution in [0.5, 0.6) is 0 Å². The number of aromatic nitrogens is 4. The number of imidazole rings is 1. The highest BCUT2D eigenvalue weighted by molar-refractivity contribution is 6.29. The Kier molecular flexibility index (Phi) is 3.96. The summed E-state index contributed by atoms with van der Waals surface area (Å²) in [5, 5.41) is -0.00298. The van der Waals surface area contributed by atoms with Crippen molar-refractivity contribution in [2.24, 2.45) is 14.1 Å². The molecule has 4 rings (SSSR count). The molecule has 1 aliphatic rings. The average Bonchev–Trinajstić information content (AvgIpc) is 3.14. The van der Waals surface area contributed by atoms with Crippen LogP contribution in [0, 0.1) is 0 Å². The van der Waals surface area contributed by atoms with Gasteiger partial charge in [-0.05, 0) is 36.6 Å². The number of anilines is 1. The number of carbonyl (C=O) groups is 1. The van der Waals surface area contributed by atoms with Crippen molar-refractivity contribution in [1.29, 1.82) is 0 Å². The summed E-state index contributed by atoms with van der Waals surface area (Å²) in [7, 11) is 2.90. The lowest BCUT2D eigenvalue weighted by Crippen LogP contribution is -2.40. The first-order chi connectivity index (χ1) is 12.8. The van der Waals surface area contributed by atoms with Crippen LogP contribution in [-0.4, -0.2) is 30.6 Å². The van der Waals surface area contributed by atoms with Crippen molar-refractivity contribution >= 4 is 34.4 Å². The van der Waals surface area contributed by atoms with Crippen molar-refractivity contribution in [3.05, 3.63) is 56.0 Å². The summed E-state index contributed by atoms with van der Waals surface area (Å²) in [4.78, 5) is 43.6. The fourth-order valence-electron chi connectivity index (χ4n) is 3.72. The Hall–Kier alpha value is -2.87. The SMILES string of the molecule is CC1Cc2ccccc2N1C(=O)Cn1c(Cl)nc2c1c(=O)n(C)c(=O)n2C. The van der Waals surface area contributed by atoms with Gasteiger partial charge in [0.15, 0.2) is 11.2 Å². The summed E-state index contributed by atoms with van der Waals surface area (Å²) >= 11 is 6.22. The lowest BCUT2D eigenvalue weighted by molar-refractivity contribution is -0.119. The number of fused-ring (bicyclic) bond motifs is 2. The molecule has 0 saturated heterocycles. The van der Waals surface area contributed by atoms with Crippen LogP contribution in [-0.2, 0) is 31.9 Å². The van der Waals surface area contributed by atoms with Crippen molar-refractivity contribution in [2.75, 3.05) is 4.90 Å². The predicted molar refractivity (Wildman–Crippen MR) is 102 cm³/mol. The molecule has 3 aromatic rings. The standard InChI is InChI=1S/C18H18ClN5O3/c1-10-8-11-6-4-5-7-12(11)24(10)13(25)9-23-14-15(20-17(23)19)21(2)18(27)22(3)16(14)26/h4-7,10H,8-9H2,1-3H3. The first kappa shape index (κ1) is 17.5. The summed E-state index contributed by atoms with van der Waals surface area (Å²) < 4.78 is 3.60. The molecule has 1 atom stereocenters. The molecular formula is C18H18ClN5O3. The summed E-state index contributed by atoms with van der Waals surface area (Å²) in [5.74, 6) is -0.190. The number of hydrogen-bond acceptors (Lipinski definition) is 4. The fraction of sp³-hybridized carbons (Fsp3) is 0.333. The summed E-state index contributed by atoms with van der Waals surface area (Å²) in [5.41, 5.74) is 1.25. The Balaban J connectivity index is 1.81. The van der Waals surface area contributed by atoms with E-state index in [1.54, 1.807) is 4.90 Å². The summed E-state index contributed by atoms with van der Waals surface area (Å²) in [6, 6.07) is 7.76. The van der Waals surface area contributed by atoms with Gasteiger partial charge in [-0.25, -0.2) is 4.79 Å². The van der Waals surface area contributed by atoms with Gasteiger partial charge in [-0.15, -0.1) is 0 Å². The zero-order chi connectivity index (χ0) is 19.5. The second kappa shape index (κ2) is 6.09. The predicted octanol–water partition coefficient (Wildman–Crippen LogP) is 1.06. The van der Waals surface area contributed by atoms with Gasteiger partial charge < -0.3 is 4.90 Å². The second-order valence-electron chi connectivity index (χ2n) is 6.79. The maximum absolute atomic E-state index is 13.1. The van der Waals surface area contributed by atoms with Gasteiger partial charge in [-0.3, -0.25) is 23.3 Å². The van der Waals surface area contributed by atoms with E-state index in [9.17, 15) is 14.4 Å². The van der Waals surface area contributed by atoms with Gasteiger partial charge in [0.1, 0.15) is 6.54 Å². The normalized spacial score (nSPS) is 16.1. The number of halogens is 1. The fourth-order valence-corrected chi connectivity index (χ4v) is 3.95. The van der Waals surface area contributed by atoms with Crippen molar-refractivity contribution in [3.63, 3.8) is 0 Å². The molecule has 2 aromatic heterocycles. The number of rotatable bonds is 2. The lowest BCUT2D eigenvalue weighted by Gasteiger charge is -2.23. The number of nitrogens with zero attached hydrogens (tertiary/aromatic N) is 5. The molecule has 8 nitrogen and oxygen atoms in total. The molecule has 0 radical (unpaired) electrons. The molecule has 9 heteroatoms. The van der Waals surface area contributed by atoms with E-state index in [4.69, 9.17) is 11.6 Å². The van der Waals surface area contributed by atoms with Crippen LogP contribution in [0.2, 0.25) is 5.28 Å². The minimum atomic E-state index is -0.532. The molecule has 27 heavy (non-hydrogen) atoms. The molecule has 140 valence electrons. The summed E-state index contributed by atoms with van der Waals surface area (Å²) in [6.45, 7) is 1.84. The summed E-state index contributed by atoms with van der Waals surface area (Å²) in [6.07, 6.45) is 0.774. The highest BCUT2D eigenvalue weighted by Crippen LogP contribution is 2.32. The van der Waals surface area contributed by atoms with Gasteiger partial charge in [-0.2, -0.15) is 4.98 Å². The molecule has 0 spiro atoms. The Labute approximate surface area is 159 Å². The number of hydrogen-bond donors (Lipinski definition) is 0. The van der Waals surface area contributed by atoms with Crippen LogP contribution < -0.4 is 16.1 Å². The van der Waals surface area contributed by atoms with E-state index < -0.39 is 11.2 Å². The third-order valence-corrected chi connectivity index (χ3v) is 5.36. The van der Waals surface area contributed by atoms with Crippen molar-refractivity contribution in [3.8, 4) is 0 Å². The number of amides is 1. The van der Waals surface area contributed by atoms with Crippen LogP contribution in [0.1, 0.15) is 12.5 Å². The molecule has 1 aromatic carbocycles. The van der Waals surface area contributed by atoms with Gasteiger partial charge in [0.25, 0.3) is 5.56 Å². The first-order valence-electron chi connectivity index (χ1n) is 8.53. The van der Waals surface area contributed by atoms with E-state index >= 15 is 0 Å². The molecule has 0 N–H and O–H groups in total. The lowest BCUT2D eigenvalue weighted by atomic mass is 10.1. The molecular weight excluding hydrogens is 370 g/mol. The Morgan fingerprint density at radius 2 is 1.93 bits per heavy atom. The van der Waals surface area contributed by atoms with Gasteiger partial charge in [0.2, 0.25) is 11.2 Å². The zero-order valence-electron chi connectivity index (χ0n) is 15.1. The van der Waals surface area contributed by atoms with Crippen LogP contribution in [0.4, 0.5) is 5.69 Å². The van der Waals surface area contributed by atoms with E-state index in [0.717, 1.165) is 22.2 Å². The molecule has 0 saturated carbocycles. The minimum absolute atomic E-state index is 0.00298. The van der Waals surface area contributed by atoms with Gasteiger partial charge in [0, 0.05) is 25.8 Å². The molecule has 0 aliphatic carbocycles. The maximum atomic E-state index is 13.1. The number of para-hydroxylation sites is 1. The van der Waals surface area contributed by atoms with Crippen LogP contribution in [0.3, 0.4) is 0 Å². The molecule has 1 aliphatic heterocycles. The third kappa shape index (κ3) is 2.51. The molecule has 0 fully saturated rings. The van der Waals surface area contributed by atoms with E-state index in [1.165, 1.54) is 23.2 Å². The smallest absolute Gasteiger partial charge is 0.307 e. The Morgan fingerprint density at radius 3 is 2.67 bits per heavy atom. The first-order valence-corrected chi connectivity index (χ1v) is 8.90. The number of aryl methyl sites for hydroxylation is 1. The number of benzene rings is 1. The molecule has 1 amide bonds. The van der Waals surface area contributed by atoms with Gasteiger partial charge in [-0.1, -0.05) is 18.2 Å². The monoisotopic (exact) mass is 387 g/mol. The highest BCUT2D eigenvalue weighted by Gasteiger charge is 2.31. The molecule has 3 heterocycles. The molecule has 0 bridgehead atoms. The Morgan fingerprint density at radius 1 is 1.22 bits per heavy atom. The van der Waals surface area contributed by atoms with Gasteiger partial charge in [0.05, 0.1) is 0 Å². The van der Waals surface area contributed by atoms with Crippen molar-refractivity contribution in [2.45, 2.75) is 25.9 Å². The van der Waals surface area contributed by atoms with Crippen molar-refractivity contribution < 1.29 is 4.79 Å². The topological polar surface area (TPSA) is 82.1 Å². The van der Waals surface area contributed by atoms with E-state index in [-0.39, 0.29) is 34.9 Å². The highest BCUT2D eigenvalue weighted by atomic mass is 35.5. The van der Waals surface area contributed by atoms with Crippen molar-refractivity contribution in [1.82, 2.24) is 18.7 Å². The quantitative estimate of drug-likeness (QED) is 0.616. The van der Waals surface area contributed by atoms with E-state index in [2.05, 4.69) is 4.98 Å². The van der Waals surface area contributed by atoms with Crippen LogP contribution in [0.25, 0.3) is 11.2 Å². The molecule has 1 unspecified atom stereocenters. The largest absolute Gasteiger partial charge is 0.332 e. The maximum Gasteiger partial charge on any atom is 0.332 e. The Bertz CT molecular complexity index is 1210. The van der Waals surface area contributed by atoms with E-state index in [1.807, 2.05) is 31.2 Å². The third-order valence-electron chi connectivity index (χ3n) is 5.07. The second-order valence-corrected chi connectivity index (χ2v) is 7.13. The van der Waals surface area contributed by atoms with Gasteiger partial charge >= 0.3 is 5.69 Å². The number of carbonyl (C=O) groups excluding carboxylic acids is 1. The van der Waals surface area contributed by atoms with E-state index in [0.29, 0.717) is 0 Å². The minimum Gasteiger partial charge on any atom is -0.307 e. The van der Waals surface area contributed by atoms with Crippen LogP contribution >= 0.6 is 11.6 Å². The van der Waals surface area contributed by atoms with Crippen LogP contribution in [0.15, 0.2) is 33.9 Å². The zero-order valence-corrected chi connectivity index (χ0v) is 15.9.